The van der Waals surface area contributed by atoms with Crippen LogP contribution in [0.15, 0.2) is 30.6 Å². The molecule has 0 aliphatic heterocycles. The molecule has 2 N–H and O–H groups in total. The molecule has 0 radical (unpaired) electrons. The Balaban J connectivity index is 1.57. The first-order valence-corrected chi connectivity index (χ1v) is 9.41. The lowest BCUT2D eigenvalue weighted by Crippen LogP contribution is -2.42. The number of benzene rings is 1. The lowest BCUT2D eigenvalue weighted by molar-refractivity contribution is 0.0492. The first kappa shape index (κ1) is 18.5. The summed E-state index contributed by atoms with van der Waals surface area (Å²) >= 11 is 0. The van der Waals surface area contributed by atoms with Crippen molar-refractivity contribution in [3.63, 3.8) is 0 Å². The highest BCUT2D eigenvalue weighted by molar-refractivity contribution is 5.95. The summed E-state index contributed by atoms with van der Waals surface area (Å²) in [5.41, 5.74) is 1.90. The Morgan fingerprint density at radius 1 is 1.12 bits per heavy atom. The summed E-state index contributed by atoms with van der Waals surface area (Å²) in [5.74, 6) is 0. The standard InChI is InChI=1S/C21H29N3O2/c1-14-12-22-13-15-6-5-7-18(19(14)15)23-16-8-10-17(11-9-16)24-20(25)26-21(2,3)4/h5-7,12-13,16-17,23H,8-11H2,1-4H3,(H,24,25)/t16-,17+. The van der Waals surface area contributed by atoms with E-state index in [9.17, 15) is 4.79 Å². The van der Waals surface area contributed by atoms with Gasteiger partial charge >= 0.3 is 6.09 Å². The molecule has 1 fully saturated rings. The molecule has 1 aromatic carbocycles. The molecule has 1 amide bonds. The first-order valence-electron chi connectivity index (χ1n) is 9.41. The van der Waals surface area contributed by atoms with Crippen LogP contribution in [0.2, 0.25) is 0 Å². The van der Waals surface area contributed by atoms with Crippen LogP contribution in [0.3, 0.4) is 0 Å². The summed E-state index contributed by atoms with van der Waals surface area (Å²) in [4.78, 5) is 16.2. The molecule has 0 unspecified atom stereocenters. The number of rotatable bonds is 3. The number of hydrogen-bond acceptors (Lipinski definition) is 4. The number of anilines is 1. The number of carbonyl (C=O) groups is 1. The van der Waals surface area contributed by atoms with Crippen molar-refractivity contribution in [2.75, 3.05) is 5.32 Å². The second kappa shape index (κ2) is 7.52. The van der Waals surface area contributed by atoms with Gasteiger partial charge in [0.15, 0.2) is 0 Å². The van der Waals surface area contributed by atoms with E-state index >= 15 is 0 Å². The van der Waals surface area contributed by atoms with Crippen LogP contribution in [0.4, 0.5) is 10.5 Å². The van der Waals surface area contributed by atoms with Crippen LogP contribution in [0, 0.1) is 6.92 Å². The molecule has 0 bridgehead atoms. The van der Waals surface area contributed by atoms with Gasteiger partial charge in [-0.1, -0.05) is 12.1 Å². The van der Waals surface area contributed by atoms with E-state index in [4.69, 9.17) is 4.74 Å². The van der Waals surface area contributed by atoms with E-state index < -0.39 is 5.60 Å². The highest BCUT2D eigenvalue weighted by Gasteiger charge is 2.25. The van der Waals surface area contributed by atoms with Crippen molar-refractivity contribution >= 4 is 22.6 Å². The van der Waals surface area contributed by atoms with Crippen LogP contribution < -0.4 is 10.6 Å². The Bertz CT molecular complexity index is 769. The third-order valence-electron chi connectivity index (χ3n) is 4.78. The zero-order valence-corrected chi connectivity index (χ0v) is 16.1. The maximum absolute atomic E-state index is 11.9. The zero-order chi connectivity index (χ0) is 18.7. The predicted molar refractivity (Wildman–Crippen MR) is 106 cm³/mol. The quantitative estimate of drug-likeness (QED) is 0.831. The number of alkyl carbamates (subject to hydrolysis) is 1. The summed E-state index contributed by atoms with van der Waals surface area (Å²) in [6.45, 7) is 7.75. The number of amides is 1. The predicted octanol–water partition coefficient (Wildman–Crippen LogP) is 4.79. The molecule has 0 saturated heterocycles. The van der Waals surface area contributed by atoms with E-state index in [1.165, 1.54) is 16.6 Å². The van der Waals surface area contributed by atoms with Gasteiger partial charge in [0, 0.05) is 40.9 Å². The molecule has 1 aromatic heterocycles. The van der Waals surface area contributed by atoms with E-state index in [2.05, 4.69) is 40.7 Å². The smallest absolute Gasteiger partial charge is 0.407 e. The van der Waals surface area contributed by atoms with E-state index in [0.717, 1.165) is 31.1 Å². The summed E-state index contributed by atoms with van der Waals surface area (Å²) in [6.07, 6.45) is 7.49. The lowest BCUT2D eigenvalue weighted by atomic mass is 9.91. The van der Waals surface area contributed by atoms with Crippen molar-refractivity contribution in [1.82, 2.24) is 10.3 Å². The molecule has 1 aliphatic rings. The van der Waals surface area contributed by atoms with Gasteiger partial charge in [-0.25, -0.2) is 4.79 Å². The summed E-state index contributed by atoms with van der Waals surface area (Å²) in [6, 6.07) is 6.93. The third kappa shape index (κ3) is 4.65. The number of hydrogen-bond donors (Lipinski definition) is 2. The normalized spacial score (nSPS) is 20.6. The maximum atomic E-state index is 11.9. The van der Waals surface area contributed by atoms with Crippen LogP contribution in [0.5, 0.6) is 0 Å². The number of aryl methyl sites for hydroxylation is 1. The molecular formula is C21H29N3O2. The van der Waals surface area contributed by atoms with E-state index in [-0.39, 0.29) is 12.1 Å². The number of carbonyl (C=O) groups excluding carboxylic acids is 1. The summed E-state index contributed by atoms with van der Waals surface area (Å²) in [7, 11) is 0. The van der Waals surface area contributed by atoms with Gasteiger partial charge in [0.25, 0.3) is 0 Å². The average molecular weight is 355 g/mol. The van der Waals surface area contributed by atoms with Crippen LogP contribution in [0.25, 0.3) is 10.8 Å². The fraction of sp³-hybridized carbons (Fsp3) is 0.524. The van der Waals surface area contributed by atoms with E-state index in [1.54, 1.807) is 0 Å². The molecule has 2 aromatic rings. The van der Waals surface area contributed by atoms with Crippen molar-refractivity contribution in [3.05, 3.63) is 36.2 Å². The van der Waals surface area contributed by atoms with Crippen molar-refractivity contribution in [2.24, 2.45) is 0 Å². The number of nitrogens with one attached hydrogen (secondary N) is 2. The van der Waals surface area contributed by atoms with Gasteiger partial charge < -0.3 is 15.4 Å². The average Bonchev–Trinajstić information content (AvgIpc) is 2.55. The highest BCUT2D eigenvalue weighted by Crippen LogP contribution is 2.29. The monoisotopic (exact) mass is 355 g/mol. The van der Waals surface area contributed by atoms with Crippen molar-refractivity contribution < 1.29 is 9.53 Å². The van der Waals surface area contributed by atoms with Crippen LogP contribution >= 0.6 is 0 Å². The summed E-state index contributed by atoms with van der Waals surface area (Å²) in [5, 5.41) is 9.12. The minimum atomic E-state index is -0.454. The molecule has 1 saturated carbocycles. The fourth-order valence-electron chi connectivity index (χ4n) is 3.61. The number of nitrogens with zero attached hydrogens (tertiary/aromatic N) is 1. The van der Waals surface area contributed by atoms with Gasteiger partial charge in [0.2, 0.25) is 0 Å². The molecule has 0 spiro atoms. The summed E-state index contributed by atoms with van der Waals surface area (Å²) < 4.78 is 5.35. The van der Waals surface area contributed by atoms with Gasteiger partial charge in [-0.15, -0.1) is 0 Å². The van der Waals surface area contributed by atoms with E-state index in [0.29, 0.717) is 6.04 Å². The Morgan fingerprint density at radius 3 is 2.50 bits per heavy atom. The topological polar surface area (TPSA) is 63.2 Å². The van der Waals surface area contributed by atoms with Crippen molar-refractivity contribution in [2.45, 2.75) is 71.1 Å². The van der Waals surface area contributed by atoms with Gasteiger partial charge in [0.1, 0.15) is 5.60 Å². The Hall–Kier alpha value is -2.30. The number of aromatic nitrogens is 1. The van der Waals surface area contributed by atoms with Gasteiger partial charge in [0.05, 0.1) is 0 Å². The second-order valence-corrected chi connectivity index (χ2v) is 8.20. The first-order chi connectivity index (χ1) is 12.3. The fourth-order valence-corrected chi connectivity index (χ4v) is 3.61. The molecule has 1 heterocycles. The zero-order valence-electron chi connectivity index (χ0n) is 16.1. The lowest BCUT2D eigenvalue weighted by Gasteiger charge is -2.31. The second-order valence-electron chi connectivity index (χ2n) is 8.20. The number of pyridine rings is 1. The van der Waals surface area contributed by atoms with Crippen LogP contribution in [-0.4, -0.2) is 28.8 Å². The molecular weight excluding hydrogens is 326 g/mol. The minimum Gasteiger partial charge on any atom is -0.444 e. The largest absolute Gasteiger partial charge is 0.444 e. The van der Waals surface area contributed by atoms with E-state index in [1.807, 2.05) is 33.2 Å². The molecule has 5 heteroatoms. The Labute approximate surface area is 155 Å². The van der Waals surface area contributed by atoms with Crippen LogP contribution in [0.1, 0.15) is 52.0 Å². The molecule has 3 rings (SSSR count). The Kier molecular flexibility index (Phi) is 5.35. The SMILES string of the molecule is Cc1cncc2cccc(N[C@H]3CC[C@@H](NC(=O)OC(C)(C)C)CC3)c12. The highest BCUT2D eigenvalue weighted by atomic mass is 16.6. The van der Waals surface area contributed by atoms with Gasteiger partial charge in [-0.2, -0.15) is 0 Å². The number of fused-ring (bicyclic) bond motifs is 1. The van der Waals surface area contributed by atoms with Crippen LogP contribution in [-0.2, 0) is 4.74 Å². The molecule has 140 valence electrons. The minimum absolute atomic E-state index is 0.196. The van der Waals surface area contributed by atoms with Gasteiger partial charge in [-0.05, 0) is 65.0 Å². The maximum Gasteiger partial charge on any atom is 0.407 e. The molecule has 26 heavy (non-hydrogen) atoms. The number of ether oxygens (including phenoxy) is 1. The van der Waals surface area contributed by atoms with Gasteiger partial charge in [-0.3, -0.25) is 4.98 Å². The Morgan fingerprint density at radius 2 is 1.81 bits per heavy atom. The van der Waals surface area contributed by atoms with Crippen molar-refractivity contribution in [1.29, 1.82) is 0 Å². The molecule has 0 atom stereocenters. The van der Waals surface area contributed by atoms with Crippen molar-refractivity contribution in [3.8, 4) is 0 Å². The third-order valence-corrected chi connectivity index (χ3v) is 4.78. The molecule has 5 nitrogen and oxygen atoms in total. The molecule has 1 aliphatic carbocycles.